The van der Waals surface area contributed by atoms with E-state index in [2.05, 4.69) is 48.9 Å². The summed E-state index contributed by atoms with van der Waals surface area (Å²) in [6.07, 6.45) is 1.69. The molecule has 1 rings (SSSR count). The van der Waals surface area contributed by atoms with E-state index in [1.54, 1.807) is 12.3 Å². The molecule has 1 aromatic heterocycles. The number of nitrogens with one attached hydrogen (secondary N) is 1. The van der Waals surface area contributed by atoms with E-state index < -0.39 is 14.3 Å². The summed E-state index contributed by atoms with van der Waals surface area (Å²) in [4.78, 5) is 15.4. The first kappa shape index (κ1) is 18.8. The molecule has 1 aromatic rings. The highest BCUT2D eigenvalue weighted by Crippen LogP contribution is 2.36. The Bertz CT molecular complexity index is 481. The highest BCUT2D eigenvalue weighted by Gasteiger charge is 2.36. The highest BCUT2D eigenvalue weighted by molar-refractivity contribution is 6.74. The van der Waals surface area contributed by atoms with E-state index >= 15 is 0 Å². The number of carbonyl (C=O) groups is 1. The summed E-state index contributed by atoms with van der Waals surface area (Å²) >= 11 is 0. The molecule has 0 atom stereocenters. The molecule has 22 heavy (non-hydrogen) atoms. The molecule has 5 nitrogen and oxygen atoms in total. The predicted octanol–water partition coefficient (Wildman–Crippen LogP) is 2.98. The largest absolute Gasteiger partial charge is 0.464 e. The second kappa shape index (κ2) is 7.85. The monoisotopic (exact) mass is 324 g/mol. The Hall–Kier alpha value is -1.24. The van der Waals surface area contributed by atoms with Gasteiger partial charge in [-0.2, -0.15) is 0 Å². The minimum absolute atomic E-state index is 0.237. The maximum absolute atomic E-state index is 11.3. The first-order chi connectivity index (χ1) is 10.2. The lowest BCUT2D eigenvalue weighted by Gasteiger charge is -2.36. The molecule has 0 saturated heterocycles. The average molecular weight is 324 g/mol. The summed E-state index contributed by atoms with van der Waals surface area (Å²) in [5, 5.41) is 3.57. The summed E-state index contributed by atoms with van der Waals surface area (Å²) in [6.45, 7) is 13.4. The van der Waals surface area contributed by atoms with E-state index in [-0.39, 0.29) is 5.04 Å². The number of aromatic nitrogens is 1. The molecule has 0 unspecified atom stereocenters. The van der Waals surface area contributed by atoms with Crippen molar-refractivity contribution in [1.82, 2.24) is 10.3 Å². The Morgan fingerprint density at radius 3 is 2.50 bits per heavy atom. The van der Waals surface area contributed by atoms with Crippen LogP contribution in [0.3, 0.4) is 0 Å². The van der Waals surface area contributed by atoms with Gasteiger partial charge in [0.25, 0.3) is 0 Å². The number of nitrogens with zero attached hydrogens (tertiary/aromatic N) is 1. The molecular formula is C16H28N2O3Si. The lowest BCUT2D eigenvalue weighted by Crippen LogP contribution is -2.42. The van der Waals surface area contributed by atoms with Crippen LogP contribution in [0.15, 0.2) is 18.3 Å². The molecule has 0 fully saturated rings. The van der Waals surface area contributed by atoms with Crippen LogP contribution in [0.2, 0.25) is 18.1 Å². The van der Waals surface area contributed by atoms with Gasteiger partial charge in [0.2, 0.25) is 0 Å². The molecule has 0 aromatic carbocycles. The third kappa shape index (κ3) is 5.51. The van der Waals surface area contributed by atoms with Crippen molar-refractivity contribution >= 4 is 14.3 Å². The van der Waals surface area contributed by atoms with Crippen LogP contribution in [-0.4, -0.2) is 39.5 Å². The number of pyridine rings is 1. The standard InChI is InChI=1S/C16H28N2O3Si/c1-16(2,3)22(5,6)21-10-9-17-11-13-7-8-14(18-12-13)15(19)20-4/h7-8,12,17H,9-11H2,1-6H3. The highest BCUT2D eigenvalue weighted by atomic mass is 28.4. The van der Waals surface area contributed by atoms with Crippen molar-refractivity contribution < 1.29 is 14.0 Å². The van der Waals surface area contributed by atoms with Gasteiger partial charge in [0.05, 0.1) is 7.11 Å². The molecule has 0 aliphatic rings. The van der Waals surface area contributed by atoms with Gasteiger partial charge in [0, 0.05) is 25.9 Å². The second-order valence-corrected chi connectivity index (χ2v) is 11.6. The number of hydrogen-bond donors (Lipinski definition) is 1. The summed E-state index contributed by atoms with van der Waals surface area (Å²) < 4.78 is 10.7. The van der Waals surface area contributed by atoms with Crippen molar-refractivity contribution in [3.8, 4) is 0 Å². The number of hydrogen-bond acceptors (Lipinski definition) is 5. The van der Waals surface area contributed by atoms with E-state index in [1.165, 1.54) is 7.11 Å². The Morgan fingerprint density at radius 2 is 2.00 bits per heavy atom. The Balaban J connectivity index is 2.32. The van der Waals surface area contributed by atoms with Gasteiger partial charge in [-0.15, -0.1) is 0 Å². The summed E-state index contributed by atoms with van der Waals surface area (Å²) in [7, 11) is -0.313. The van der Waals surface area contributed by atoms with Gasteiger partial charge in [-0.05, 0) is 29.8 Å². The van der Waals surface area contributed by atoms with Crippen molar-refractivity contribution in [1.29, 1.82) is 0 Å². The predicted molar refractivity (Wildman–Crippen MR) is 90.4 cm³/mol. The number of esters is 1. The van der Waals surface area contributed by atoms with Gasteiger partial charge in [-0.3, -0.25) is 0 Å². The van der Waals surface area contributed by atoms with Crippen LogP contribution >= 0.6 is 0 Å². The van der Waals surface area contributed by atoms with E-state index in [1.807, 2.05) is 6.07 Å². The summed E-state index contributed by atoms with van der Waals surface area (Å²) in [6, 6.07) is 3.55. The lowest BCUT2D eigenvalue weighted by molar-refractivity contribution is 0.0594. The Morgan fingerprint density at radius 1 is 1.32 bits per heavy atom. The normalized spacial score (nSPS) is 12.3. The molecule has 0 aliphatic heterocycles. The molecule has 0 saturated carbocycles. The minimum atomic E-state index is -1.66. The minimum Gasteiger partial charge on any atom is -0.464 e. The fraction of sp³-hybridized carbons (Fsp3) is 0.625. The van der Waals surface area contributed by atoms with E-state index in [0.29, 0.717) is 18.8 Å². The fourth-order valence-electron chi connectivity index (χ4n) is 1.58. The Labute approximate surface area is 134 Å². The van der Waals surface area contributed by atoms with Crippen LogP contribution in [-0.2, 0) is 15.7 Å². The van der Waals surface area contributed by atoms with Gasteiger partial charge in [0.1, 0.15) is 5.69 Å². The maximum Gasteiger partial charge on any atom is 0.356 e. The SMILES string of the molecule is COC(=O)c1ccc(CNCCO[Si](C)(C)C(C)(C)C)cn1. The topological polar surface area (TPSA) is 60.5 Å². The summed E-state index contributed by atoms with van der Waals surface area (Å²) in [5.41, 5.74) is 1.35. The van der Waals surface area contributed by atoms with Crippen molar-refractivity contribution in [2.24, 2.45) is 0 Å². The van der Waals surface area contributed by atoms with Gasteiger partial charge >= 0.3 is 5.97 Å². The Kier molecular flexibility index (Phi) is 6.71. The number of carbonyl (C=O) groups excluding carboxylic acids is 1. The molecule has 0 spiro atoms. The smallest absolute Gasteiger partial charge is 0.356 e. The first-order valence-corrected chi connectivity index (χ1v) is 10.5. The molecule has 0 bridgehead atoms. The van der Waals surface area contributed by atoms with Crippen LogP contribution < -0.4 is 5.32 Å². The molecule has 124 valence electrons. The number of methoxy groups -OCH3 is 1. The van der Waals surface area contributed by atoms with Gasteiger partial charge in [-0.1, -0.05) is 26.8 Å². The summed E-state index contributed by atoms with van der Waals surface area (Å²) in [5.74, 6) is -0.415. The zero-order chi connectivity index (χ0) is 16.8. The first-order valence-electron chi connectivity index (χ1n) is 7.55. The third-order valence-electron chi connectivity index (χ3n) is 4.10. The van der Waals surface area contributed by atoms with E-state index in [0.717, 1.165) is 12.1 Å². The van der Waals surface area contributed by atoms with E-state index in [4.69, 9.17) is 4.43 Å². The fourth-order valence-corrected chi connectivity index (χ4v) is 2.63. The number of ether oxygens (including phenoxy) is 1. The molecule has 0 aliphatic carbocycles. The molecular weight excluding hydrogens is 296 g/mol. The second-order valence-electron chi connectivity index (χ2n) is 6.83. The molecule has 1 N–H and O–H groups in total. The van der Waals surface area contributed by atoms with Gasteiger partial charge < -0.3 is 14.5 Å². The molecule has 0 radical (unpaired) electrons. The molecule has 0 amide bonds. The number of rotatable bonds is 7. The van der Waals surface area contributed by atoms with Crippen molar-refractivity contribution in [3.05, 3.63) is 29.6 Å². The van der Waals surface area contributed by atoms with Gasteiger partial charge in [-0.25, -0.2) is 9.78 Å². The zero-order valence-electron chi connectivity index (χ0n) is 14.5. The van der Waals surface area contributed by atoms with Crippen LogP contribution in [0, 0.1) is 0 Å². The van der Waals surface area contributed by atoms with Crippen molar-refractivity contribution in [2.45, 2.75) is 45.4 Å². The van der Waals surface area contributed by atoms with E-state index in [9.17, 15) is 4.79 Å². The van der Waals surface area contributed by atoms with Crippen LogP contribution in [0.1, 0.15) is 36.8 Å². The maximum atomic E-state index is 11.3. The quantitative estimate of drug-likeness (QED) is 0.475. The molecule has 1 heterocycles. The zero-order valence-corrected chi connectivity index (χ0v) is 15.5. The van der Waals surface area contributed by atoms with Gasteiger partial charge in [0.15, 0.2) is 8.32 Å². The molecule has 6 heteroatoms. The van der Waals surface area contributed by atoms with Crippen LogP contribution in [0.25, 0.3) is 0 Å². The van der Waals surface area contributed by atoms with Crippen LogP contribution in [0.5, 0.6) is 0 Å². The third-order valence-corrected chi connectivity index (χ3v) is 8.63. The average Bonchev–Trinajstić information content (AvgIpc) is 2.45. The van der Waals surface area contributed by atoms with Crippen molar-refractivity contribution in [3.63, 3.8) is 0 Å². The van der Waals surface area contributed by atoms with Crippen LogP contribution in [0.4, 0.5) is 0 Å². The van der Waals surface area contributed by atoms with Crippen molar-refractivity contribution in [2.75, 3.05) is 20.3 Å². The lowest BCUT2D eigenvalue weighted by atomic mass is 10.2.